The Bertz CT molecular complexity index is 1090. The fourth-order valence-electron chi connectivity index (χ4n) is 3.69. The summed E-state index contributed by atoms with van der Waals surface area (Å²) in [6, 6.07) is 14.9. The van der Waals surface area contributed by atoms with Gasteiger partial charge in [-0.2, -0.15) is 0 Å². The summed E-state index contributed by atoms with van der Waals surface area (Å²) in [6.07, 6.45) is 2.72. The lowest BCUT2D eigenvalue weighted by molar-refractivity contribution is -0.384. The molecule has 0 aliphatic heterocycles. The Morgan fingerprint density at radius 3 is 2.06 bits per heavy atom. The predicted octanol–water partition coefficient (Wildman–Crippen LogP) is 5.35. The molecule has 2 rings (SSSR count). The Hall–Kier alpha value is -3.30. The fourth-order valence-corrected chi connectivity index (χ4v) is 6.65. The molecule has 0 saturated carbocycles. The lowest BCUT2D eigenvalue weighted by Crippen LogP contribution is -2.67. The molecule has 0 aliphatic carbocycles. The van der Waals surface area contributed by atoms with Gasteiger partial charge in [0.15, 0.2) is 5.22 Å². The lowest BCUT2D eigenvalue weighted by Gasteiger charge is -2.49. The summed E-state index contributed by atoms with van der Waals surface area (Å²) < 4.78 is 10.8. The molecule has 0 aromatic heterocycles. The zero-order chi connectivity index (χ0) is 27.1. The highest BCUT2D eigenvalue weighted by atomic mass is 28.3. The Morgan fingerprint density at radius 2 is 1.53 bits per heavy atom. The number of hydrogen-bond acceptors (Lipinski definition) is 7. The number of carbonyl (C=O) groups excluding carboxylic acids is 2. The van der Waals surface area contributed by atoms with Gasteiger partial charge in [-0.05, 0) is 28.3 Å². The maximum Gasteiger partial charge on any atom is 0.335 e. The van der Waals surface area contributed by atoms with Gasteiger partial charge >= 0.3 is 11.9 Å². The summed E-state index contributed by atoms with van der Waals surface area (Å²) in [6.45, 7) is 11.4. The van der Waals surface area contributed by atoms with Gasteiger partial charge in [0.1, 0.15) is 21.3 Å². The summed E-state index contributed by atoms with van der Waals surface area (Å²) in [5, 5.41) is 20.5. The van der Waals surface area contributed by atoms with Gasteiger partial charge in [0, 0.05) is 24.1 Å². The van der Waals surface area contributed by atoms with E-state index >= 15 is 0 Å². The molecule has 0 radical (unpaired) electrons. The largest absolute Gasteiger partial charge is 0.459 e. The fraction of sp³-hybridized carbons (Fsp3) is 0.407. The van der Waals surface area contributed by atoms with Crippen LogP contribution in [0.1, 0.15) is 38.8 Å². The molecule has 0 aliphatic rings. The highest BCUT2D eigenvalue weighted by Gasteiger charge is 2.60. The van der Waals surface area contributed by atoms with Crippen LogP contribution in [-0.4, -0.2) is 35.3 Å². The van der Waals surface area contributed by atoms with Crippen molar-refractivity contribution in [2.45, 2.75) is 64.3 Å². The average molecular weight is 514 g/mol. The highest BCUT2D eigenvalue weighted by molar-refractivity contribution is 6.85. The maximum atomic E-state index is 13.4. The van der Waals surface area contributed by atoms with Crippen molar-refractivity contribution >= 4 is 25.7 Å². The summed E-state index contributed by atoms with van der Waals surface area (Å²) >= 11 is 0. The quantitative estimate of drug-likeness (QED) is 0.150. The van der Waals surface area contributed by atoms with Crippen LogP contribution in [-0.2, 0) is 32.3 Å². The van der Waals surface area contributed by atoms with E-state index in [1.807, 2.05) is 64.2 Å². The molecule has 0 fully saturated rings. The van der Waals surface area contributed by atoms with E-state index in [0.29, 0.717) is 5.56 Å². The van der Waals surface area contributed by atoms with E-state index in [1.54, 1.807) is 6.92 Å². The van der Waals surface area contributed by atoms with Crippen LogP contribution in [0.25, 0.3) is 0 Å². The number of nitrogens with zero attached hydrogens (tertiary/aromatic N) is 1. The molecule has 36 heavy (non-hydrogen) atoms. The van der Waals surface area contributed by atoms with Gasteiger partial charge in [0.2, 0.25) is 0 Å². The Kier molecular flexibility index (Phi) is 9.34. The van der Waals surface area contributed by atoms with E-state index in [4.69, 9.17) is 9.47 Å². The van der Waals surface area contributed by atoms with Gasteiger partial charge in [-0.1, -0.05) is 77.2 Å². The number of nitro benzene ring substituents is 1. The summed E-state index contributed by atoms with van der Waals surface area (Å²) in [5.74, 6) is -2.11. The molecule has 2 aromatic rings. The number of esters is 2. The number of rotatable bonds is 10. The first-order valence-corrected chi connectivity index (χ1v) is 14.7. The third kappa shape index (κ3) is 6.67. The van der Waals surface area contributed by atoms with E-state index in [2.05, 4.69) is 0 Å². The van der Waals surface area contributed by atoms with E-state index in [-0.39, 0.29) is 23.9 Å². The Labute approximate surface area is 213 Å². The first-order valence-electron chi connectivity index (χ1n) is 11.7. The van der Waals surface area contributed by atoms with E-state index in [1.165, 1.54) is 36.4 Å². The molecule has 1 N–H and O–H groups in total. The second-order valence-electron chi connectivity index (χ2n) is 10.4. The minimum absolute atomic E-state index is 0.0687. The van der Waals surface area contributed by atoms with Crippen LogP contribution in [0.15, 0.2) is 66.7 Å². The van der Waals surface area contributed by atoms with Crippen molar-refractivity contribution < 1.29 is 29.1 Å². The number of non-ortho nitro benzene ring substituents is 1. The lowest BCUT2D eigenvalue weighted by atomic mass is 10.0. The van der Waals surface area contributed by atoms with Crippen LogP contribution < -0.4 is 0 Å². The van der Waals surface area contributed by atoms with Crippen molar-refractivity contribution in [1.82, 2.24) is 0 Å². The molecule has 9 heteroatoms. The van der Waals surface area contributed by atoms with Crippen LogP contribution in [0.3, 0.4) is 0 Å². The standard InChI is InChI=1S/C27H35NO7Si/c1-20(12-17-24(29)34-18-21-10-8-7-9-11-21)27(31,36(5,6)26(2,3)4)25(30)35-19-22-13-15-23(16-14-22)28(32)33/h7-17,20,31H,18-19H2,1-6H3/b17-12+/t20-,27-/m1/s1. The molecule has 0 bridgehead atoms. The molecule has 2 atom stereocenters. The van der Waals surface area contributed by atoms with Gasteiger partial charge < -0.3 is 14.6 Å². The zero-order valence-corrected chi connectivity index (χ0v) is 22.7. The molecule has 2 aromatic carbocycles. The van der Waals surface area contributed by atoms with Crippen LogP contribution in [0, 0.1) is 16.0 Å². The zero-order valence-electron chi connectivity index (χ0n) is 21.7. The van der Waals surface area contributed by atoms with Gasteiger partial charge in [-0.15, -0.1) is 0 Å². The average Bonchev–Trinajstić information content (AvgIpc) is 2.83. The SMILES string of the molecule is C[C@H](/C=C/C(=O)OCc1ccccc1)[C@](O)(C(=O)OCc1ccc([N+](=O)[O-])cc1)[Si](C)(C)C(C)(C)C. The number of aliphatic hydroxyl groups is 1. The summed E-state index contributed by atoms with van der Waals surface area (Å²) in [5.41, 5.74) is 1.33. The predicted molar refractivity (Wildman–Crippen MR) is 140 cm³/mol. The van der Waals surface area contributed by atoms with Gasteiger partial charge in [-0.3, -0.25) is 10.1 Å². The van der Waals surface area contributed by atoms with E-state index in [9.17, 15) is 24.8 Å². The van der Waals surface area contributed by atoms with Crippen molar-refractivity contribution in [2.24, 2.45) is 5.92 Å². The number of benzene rings is 2. The normalized spacial score (nSPS) is 14.6. The number of carbonyl (C=O) groups is 2. The molecule has 0 heterocycles. The van der Waals surface area contributed by atoms with Crippen LogP contribution >= 0.6 is 0 Å². The van der Waals surface area contributed by atoms with Gasteiger partial charge in [-0.25, -0.2) is 9.59 Å². The first-order chi connectivity index (χ1) is 16.7. The van der Waals surface area contributed by atoms with Crippen LogP contribution in [0.2, 0.25) is 18.1 Å². The van der Waals surface area contributed by atoms with E-state index < -0.39 is 36.1 Å². The van der Waals surface area contributed by atoms with Gasteiger partial charge in [0.05, 0.1) is 4.92 Å². The van der Waals surface area contributed by atoms with Crippen molar-refractivity contribution in [1.29, 1.82) is 0 Å². The molecule has 0 spiro atoms. The van der Waals surface area contributed by atoms with Crippen LogP contribution in [0.4, 0.5) is 5.69 Å². The number of hydrogen-bond donors (Lipinski definition) is 1. The van der Waals surface area contributed by atoms with Crippen molar-refractivity contribution in [2.75, 3.05) is 0 Å². The molecule has 8 nitrogen and oxygen atoms in total. The van der Waals surface area contributed by atoms with Crippen molar-refractivity contribution in [3.05, 3.63) is 88.0 Å². The van der Waals surface area contributed by atoms with Crippen LogP contribution in [0.5, 0.6) is 0 Å². The van der Waals surface area contributed by atoms with E-state index in [0.717, 1.165) is 5.56 Å². The minimum atomic E-state index is -2.80. The summed E-state index contributed by atoms with van der Waals surface area (Å²) in [4.78, 5) is 36.1. The number of ether oxygens (including phenoxy) is 2. The monoisotopic (exact) mass is 513 g/mol. The second kappa shape index (κ2) is 11.6. The summed E-state index contributed by atoms with van der Waals surface area (Å²) in [7, 11) is -2.80. The second-order valence-corrected chi connectivity index (χ2v) is 15.9. The first kappa shape index (κ1) is 28.9. The smallest absolute Gasteiger partial charge is 0.335 e. The highest BCUT2D eigenvalue weighted by Crippen LogP contribution is 2.46. The molecular formula is C27H35NO7Si. The number of nitro groups is 1. The topological polar surface area (TPSA) is 116 Å². The molecule has 194 valence electrons. The van der Waals surface area contributed by atoms with Crippen molar-refractivity contribution in [3.8, 4) is 0 Å². The third-order valence-electron chi connectivity index (χ3n) is 7.06. The molecule has 0 unspecified atom stereocenters. The molecule has 0 saturated heterocycles. The Morgan fingerprint density at radius 1 is 1.00 bits per heavy atom. The maximum absolute atomic E-state index is 13.4. The third-order valence-corrected chi connectivity index (χ3v) is 13.4. The van der Waals surface area contributed by atoms with Gasteiger partial charge in [0.25, 0.3) is 5.69 Å². The molecular weight excluding hydrogens is 478 g/mol. The molecule has 0 amide bonds. The Balaban J connectivity index is 2.21. The van der Waals surface area contributed by atoms with Crippen molar-refractivity contribution in [3.63, 3.8) is 0 Å². The minimum Gasteiger partial charge on any atom is -0.459 e.